The maximum atomic E-state index is 14.4. The van der Waals surface area contributed by atoms with Gasteiger partial charge in [-0.2, -0.15) is 4.98 Å². The Morgan fingerprint density at radius 2 is 0.938 bits per heavy atom. The number of nitrogens with zero attached hydrogens (tertiary/aromatic N) is 6. The fourth-order valence-corrected chi connectivity index (χ4v) is 6.19. The molecule has 0 N–H and O–H groups in total. The average molecular weight is 633 g/mol. The van der Waals surface area contributed by atoms with Crippen LogP contribution in [0.2, 0.25) is 0 Å². The molecule has 2 aliphatic heterocycles. The van der Waals surface area contributed by atoms with Crippen LogP contribution in [0, 0.1) is 0 Å². The summed E-state index contributed by atoms with van der Waals surface area (Å²) < 4.78 is 1.20. The lowest BCUT2D eigenvalue weighted by molar-refractivity contribution is 0.0650. The molecule has 0 spiro atoms. The normalized spacial score (nSPS) is 13.8. The van der Waals surface area contributed by atoms with Crippen LogP contribution in [0.1, 0.15) is 47.9 Å². The molecule has 11 heteroatoms. The number of carbonyl (C=O) groups is 4. The van der Waals surface area contributed by atoms with Gasteiger partial charge in [-0.3, -0.25) is 33.4 Å². The van der Waals surface area contributed by atoms with Crippen molar-refractivity contribution in [1.82, 2.24) is 24.4 Å². The van der Waals surface area contributed by atoms with E-state index < -0.39 is 29.2 Å². The average Bonchev–Trinajstić information content (AvgIpc) is 3.53. The van der Waals surface area contributed by atoms with Crippen molar-refractivity contribution in [2.75, 3.05) is 11.4 Å². The first kappa shape index (κ1) is 28.8. The van der Waals surface area contributed by atoms with E-state index in [1.807, 2.05) is 60.7 Å². The predicted molar refractivity (Wildman–Crippen MR) is 176 cm³/mol. The number of hydrogen-bond donors (Lipinski definition) is 0. The van der Waals surface area contributed by atoms with Crippen LogP contribution in [-0.2, 0) is 6.54 Å². The Kier molecular flexibility index (Phi) is 6.80. The molecular weight excluding hydrogens is 608 g/mol. The second-order valence-electron chi connectivity index (χ2n) is 11.3. The highest BCUT2D eigenvalue weighted by atomic mass is 16.2. The molecule has 48 heavy (non-hydrogen) atoms. The molecular formula is C37H24N6O5. The summed E-state index contributed by atoms with van der Waals surface area (Å²) in [5.41, 5.74) is 2.67. The molecule has 0 fully saturated rings. The second-order valence-corrected chi connectivity index (χ2v) is 11.3. The van der Waals surface area contributed by atoms with Crippen molar-refractivity contribution in [3.8, 4) is 22.5 Å². The summed E-state index contributed by atoms with van der Waals surface area (Å²) in [7, 11) is 0. The van der Waals surface area contributed by atoms with Gasteiger partial charge in [-0.1, -0.05) is 84.9 Å². The number of carbonyl (C=O) groups excluding carboxylic acids is 4. The molecule has 0 radical (unpaired) electrons. The monoisotopic (exact) mass is 632 g/mol. The van der Waals surface area contributed by atoms with Crippen molar-refractivity contribution >= 4 is 40.7 Å². The summed E-state index contributed by atoms with van der Waals surface area (Å²) >= 11 is 0. The largest absolute Gasteiger partial charge is 0.283 e. The Balaban J connectivity index is 1.27. The van der Waals surface area contributed by atoms with Gasteiger partial charge in [-0.05, 0) is 30.7 Å². The molecule has 0 saturated heterocycles. The first-order valence-corrected chi connectivity index (χ1v) is 15.3. The Morgan fingerprint density at radius 1 is 0.479 bits per heavy atom. The standard InChI is InChI=1S/C37H24N6O5/c44-32-24-16-7-8-17-25(24)33(45)41(32)20-11-21-42-36(48)30-31(40-37(42)43-34(46)26-18-9-10-19-27(26)35(43)47)39-29(23-14-5-2-6-15-23)28(38-30)22-12-3-1-4-13-22/h1-10,12-19H,11,20-21H2. The first-order chi connectivity index (χ1) is 23.4. The highest BCUT2D eigenvalue weighted by molar-refractivity contribution is 6.34. The van der Waals surface area contributed by atoms with Crippen molar-refractivity contribution in [1.29, 1.82) is 0 Å². The number of aromatic nitrogens is 4. The topological polar surface area (TPSA) is 135 Å². The minimum absolute atomic E-state index is 0.00767. The maximum Gasteiger partial charge on any atom is 0.283 e. The van der Waals surface area contributed by atoms with Gasteiger partial charge in [0.2, 0.25) is 5.95 Å². The van der Waals surface area contributed by atoms with E-state index in [4.69, 9.17) is 9.97 Å². The SMILES string of the molecule is O=C1c2ccccc2C(=O)N1CCCn1c(N2C(=O)c3ccccc3C2=O)nc2nc(-c3ccccc3)c(-c3ccccc3)nc2c1=O. The van der Waals surface area contributed by atoms with Gasteiger partial charge in [0.25, 0.3) is 29.2 Å². The number of benzene rings is 4. The van der Waals surface area contributed by atoms with Crippen molar-refractivity contribution in [3.05, 3.63) is 142 Å². The van der Waals surface area contributed by atoms with E-state index in [-0.39, 0.29) is 47.7 Å². The van der Waals surface area contributed by atoms with E-state index >= 15 is 0 Å². The molecule has 0 bridgehead atoms. The van der Waals surface area contributed by atoms with E-state index in [9.17, 15) is 24.0 Å². The van der Waals surface area contributed by atoms with Gasteiger partial charge in [-0.15, -0.1) is 0 Å². The molecule has 4 amide bonds. The molecule has 11 nitrogen and oxygen atoms in total. The first-order valence-electron chi connectivity index (χ1n) is 15.3. The van der Waals surface area contributed by atoms with Crippen LogP contribution >= 0.6 is 0 Å². The number of anilines is 1. The zero-order valence-corrected chi connectivity index (χ0v) is 25.2. The smallest absolute Gasteiger partial charge is 0.276 e. The lowest BCUT2D eigenvalue weighted by Crippen LogP contribution is -2.38. The molecule has 0 atom stereocenters. The fraction of sp³-hybridized carbons (Fsp3) is 0.0811. The lowest BCUT2D eigenvalue weighted by atomic mass is 10.0. The molecule has 4 heterocycles. The van der Waals surface area contributed by atoms with Gasteiger partial charge in [-0.25, -0.2) is 14.9 Å². The third-order valence-corrected chi connectivity index (χ3v) is 8.50. The molecule has 4 aromatic carbocycles. The van der Waals surface area contributed by atoms with Crippen molar-refractivity contribution in [2.24, 2.45) is 0 Å². The number of fused-ring (bicyclic) bond motifs is 3. The minimum atomic E-state index is -0.631. The summed E-state index contributed by atoms with van der Waals surface area (Å²) in [5, 5.41) is 0. The molecule has 6 aromatic rings. The van der Waals surface area contributed by atoms with Crippen molar-refractivity contribution in [3.63, 3.8) is 0 Å². The summed E-state index contributed by atoms with van der Waals surface area (Å²) in [5.74, 6) is -2.33. The quantitative estimate of drug-likeness (QED) is 0.224. The molecule has 0 saturated carbocycles. The fourth-order valence-electron chi connectivity index (χ4n) is 6.19. The van der Waals surface area contributed by atoms with Crippen LogP contribution in [0.3, 0.4) is 0 Å². The molecule has 232 valence electrons. The summed E-state index contributed by atoms with van der Waals surface area (Å²) in [4.78, 5) is 84.0. The molecule has 8 rings (SSSR count). The van der Waals surface area contributed by atoms with Gasteiger partial charge >= 0.3 is 0 Å². The zero-order chi connectivity index (χ0) is 32.9. The highest BCUT2D eigenvalue weighted by Gasteiger charge is 2.40. The number of rotatable bonds is 7. The minimum Gasteiger partial charge on any atom is -0.276 e. The van der Waals surface area contributed by atoms with Crippen LogP contribution in [0.25, 0.3) is 33.7 Å². The van der Waals surface area contributed by atoms with Crippen molar-refractivity contribution in [2.45, 2.75) is 13.0 Å². The van der Waals surface area contributed by atoms with Gasteiger partial charge in [0.15, 0.2) is 11.2 Å². The van der Waals surface area contributed by atoms with Crippen LogP contribution in [0.4, 0.5) is 5.95 Å². The third kappa shape index (κ3) is 4.51. The van der Waals surface area contributed by atoms with Crippen LogP contribution in [0.5, 0.6) is 0 Å². The number of hydrogen-bond acceptors (Lipinski definition) is 8. The van der Waals surface area contributed by atoms with E-state index in [1.54, 1.807) is 48.5 Å². The number of imide groups is 2. The van der Waals surface area contributed by atoms with Crippen LogP contribution in [0.15, 0.2) is 114 Å². The Bertz CT molecular complexity index is 2320. The Morgan fingerprint density at radius 3 is 1.46 bits per heavy atom. The van der Waals surface area contributed by atoms with Crippen LogP contribution in [-0.4, -0.2) is 54.6 Å². The van der Waals surface area contributed by atoms with Crippen molar-refractivity contribution < 1.29 is 19.2 Å². The van der Waals surface area contributed by atoms with E-state index in [0.717, 1.165) is 20.9 Å². The van der Waals surface area contributed by atoms with E-state index in [1.165, 1.54) is 4.57 Å². The van der Waals surface area contributed by atoms with E-state index in [2.05, 4.69) is 4.98 Å². The molecule has 0 unspecified atom stereocenters. The summed E-state index contributed by atoms with van der Waals surface area (Å²) in [6, 6.07) is 31.6. The second kappa shape index (κ2) is 11.3. The predicted octanol–water partition coefficient (Wildman–Crippen LogP) is 5.01. The zero-order valence-electron chi connectivity index (χ0n) is 25.2. The van der Waals surface area contributed by atoms with Crippen LogP contribution < -0.4 is 10.5 Å². The van der Waals surface area contributed by atoms with Gasteiger partial charge in [0, 0.05) is 24.2 Å². The van der Waals surface area contributed by atoms with Gasteiger partial charge < -0.3 is 0 Å². The maximum absolute atomic E-state index is 14.4. The third-order valence-electron chi connectivity index (χ3n) is 8.50. The molecule has 2 aliphatic rings. The highest BCUT2D eigenvalue weighted by Crippen LogP contribution is 2.32. The summed E-state index contributed by atoms with van der Waals surface area (Å²) in [6.07, 6.45) is 0.135. The Hall–Kier alpha value is -6.62. The Labute approximate surface area is 272 Å². The van der Waals surface area contributed by atoms with E-state index in [0.29, 0.717) is 22.5 Å². The number of amides is 4. The lowest BCUT2D eigenvalue weighted by Gasteiger charge is -2.20. The van der Waals surface area contributed by atoms with Gasteiger partial charge in [0.1, 0.15) is 0 Å². The summed E-state index contributed by atoms with van der Waals surface area (Å²) in [6.45, 7) is -0.0903. The molecule has 0 aliphatic carbocycles. The van der Waals surface area contributed by atoms with Gasteiger partial charge in [0.05, 0.1) is 33.6 Å². The molecule has 2 aromatic heterocycles.